The predicted molar refractivity (Wildman–Crippen MR) is 131 cm³/mol. The molecule has 2 heterocycles. The van der Waals surface area contributed by atoms with E-state index in [2.05, 4.69) is 16.0 Å². The zero-order valence-electron chi connectivity index (χ0n) is 20.9. The molecule has 3 aliphatic carbocycles. The smallest absolute Gasteiger partial charge is 0.315 e. The van der Waals surface area contributed by atoms with Gasteiger partial charge < -0.3 is 15.5 Å². The monoisotopic (exact) mass is 486 g/mol. The molecule has 5 rings (SSSR count). The SMILES string of the molecule is O=C1CCC(N2CC3CCC(CNC(=O)NC4CCCCC4C4CCCCC4)CC3C2=O)C(=O)N1. The normalized spacial score (nSPS) is 36.5. The Kier molecular flexibility index (Phi) is 7.63. The number of carbonyl (C=O) groups is 4. The molecular weight excluding hydrogens is 444 g/mol. The second-order valence-corrected chi connectivity index (χ2v) is 11.8. The molecule has 2 aliphatic heterocycles. The molecule has 0 radical (unpaired) electrons. The lowest BCUT2D eigenvalue weighted by atomic mass is 9.71. The van der Waals surface area contributed by atoms with Crippen molar-refractivity contribution in [3.63, 3.8) is 0 Å². The summed E-state index contributed by atoms with van der Waals surface area (Å²) in [5, 5.41) is 8.83. The van der Waals surface area contributed by atoms with Gasteiger partial charge in [-0.05, 0) is 62.2 Å². The van der Waals surface area contributed by atoms with E-state index >= 15 is 0 Å². The molecule has 5 amide bonds. The minimum Gasteiger partial charge on any atom is -0.338 e. The van der Waals surface area contributed by atoms with Crippen molar-refractivity contribution in [2.75, 3.05) is 13.1 Å². The van der Waals surface area contributed by atoms with Gasteiger partial charge in [0.1, 0.15) is 6.04 Å². The number of piperidine rings is 1. The lowest BCUT2D eigenvalue weighted by molar-refractivity contribution is -0.145. The van der Waals surface area contributed by atoms with Crippen molar-refractivity contribution in [2.45, 2.75) is 102 Å². The number of urea groups is 1. The highest BCUT2D eigenvalue weighted by Gasteiger charge is 2.48. The molecule has 2 saturated heterocycles. The van der Waals surface area contributed by atoms with Gasteiger partial charge in [-0.1, -0.05) is 44.9 Å². The van der Waals surface area contributed by atoms with Gasteiger partial charge in [0.2, 0.25) is 17.7 Å². The fourth-order valence-corrected chi connectivity index (χ4v) is 7.76. The Balaban J connectivity index is 1.10. The summed E-state index contributed by atoms with van der Waals surface area (Å²) in [6.07, 6.45) is 14.9. The van der Waals surface area contributed by atoms with E-state index in [0.29, 0.717) is 37.9 Å². The number of carbonyl (C=O) groups excluding carboxylic acids is 4. The highest BCUT2D eigenvalue weighted by molar-refractivity contribution is 6.02. The summed E-state index contributed by atoms with van der Waals surface area (Å²) in [7, 11) is 0. The van der Waals surface area contributed by atoms with Crippen LogP contribution in [0.25, 0.3) is 0 Å². The Labute approximate surface area is 208 Å². The predicted octanol–water partition coefficient (Wildman–Crippen LogP) is 3.10. The maximum absolute atomic E-state index is 13.2. The topological polar surface area (TPSA) is 108 Å². The summed E-state index contributed by atoms with van der Waals surface area (Å²) in [5.41, 5.74) is 0. The van der Waals surface area contributed by atoms with Gasteiger partial charge in [-0.25, -0.2) is 4.79 Å². The van der Waals surface area contributed by atoms with Gasteiger partial charge in [0.15, 0.2) is 0 Å². The minimum absolute atomic E-state index is 0.0520. The van der Waals surface area contributed by atoms with Crippen LogP contribution in [-0.2, 0) is 14.4 Å². The molecule has 3 N–H and O–H groups in total. The van der Waals surface area contributed by atoms with Gasteiger partial charge in [0.25, 0.3) is 0 Å². The van der Waals surface area contributed by atoms with Crippen LogP contribution in [0.15, 0.2) is 0 Å². The van der Waals surface area contributed by atoms with E-state index in [0.717, 1.165) is 31.6 Å². The van der Waals surface area contributed by atoms with Gasteiger partial charge in [0.05, 0.1) is 0 Å². The summed E-state index contributed by atoms with van der Waals surface area (Å²) in [4.78, 5) is 51.5. The average molecular weight is 487 g/mol. The lowest BCUT2D eigenvalue weighted by Crippen LogP contribution is -2.53. The van der Waals surface area contributed by atoms with E-state index in [1.54, 1.807) is 4.90 Å². The van der Waals surface area contributed by atoms with E-state index in [1.165, 1.54) is 51.4 Å². The third-order valence-corrected chi connectivity index (χ3v) is 9.66. The third kappa shape index (κ3) is 5.51. The van der Waals surface area contributed by atoms with Crippen LogP contribution in [0.5, 0.6) is 0 Å². The number of fused-ring (bicyclic) bond motifs is 1. The van der Waals surface area contributed by atoms with Gasteiger partial charge in [-0.2, -0.15) is 0 Å². The van der Waals surface area contributed by atoms with Gasteiger partial charge >= 0.3 is 6.03 Å². The largest absolute Gasteiger partial charge is 0.338 e. The van der Waals surface area contributed by atoms with Crippen LogP contribution >= 0.6 is 0 Å². The molecular formula is C27H42N4O4. The Morgan fingerprint density at radius 1 is 0.886 bits per heavy atom. The van der Waals surface area contributed by atoms with E-state index in [1.807, 2.05) is 0 Å². The molecule has 194 valence electrons. The zero-order valence-corrected chi connectivity index (χ0v) is 20.9. The summed E-state index contributed by atoms with van der Waals surface area (Å²) in [5.74, 6) is 1.35. The first-order valence-corrected chi connectivity index (χ1v) is 14.2. The van der Waals surface area contributed by atoms with Crippen molar-refractivity contribution in [1.29, 1.82) is 0 Å². The van der Waals surface area contributed by atoms with Crippen LogP contribution in [0, 0.1) is 29.6 Å². The van der Waals surface area contributed by atoms with Crippen LogP contribution < -0.4 is 16.0 Å². The molecule has 3 saturated carbocycles. The second kappa shape index (κ2) is 10.9. The van der Waals surface area contributed by atoms with Gasteiger partial charge in [-0.3, -0.25) is 19.7 Å². The van der Waals surface area contributed by atoms with Crippen molar-refractivity contribution in [1.82, 2.24) is 20.9 Å². The highest BCUT2D eigenvalue weighted by Crippen LogP contribution is 2.41. The van der Waals surface area contributed by atoms with Crippen molar-refractivity contribution in [2.24, 2.45) is 29.6 Å². The quantitative estimate of drug-likeness (QED) is 0.519. The Morgan fingerprint density at radius 2 is 1.66 bits per heavy atom. The number of nitrogens with zero attached hydrogens (tertiary/aromatic N) is 1. The van der Waals surface area contributed by atoms with Crippen molar-refractivity contribution >= 4 is 23.8 Å². The minimum atomic E-state index is -0.513. The molecule has 0 bridgehead atoms. The van der Waals surface area contributed by atoms with E-state index in [-0.39, 0.29) is 41.5 Å². The van der Waals surface area contributed by atoms with E-state index in [9.17, 15) is 19.2 Å². The molecule has 0 aromatic rings. The maximum atomic E-state index is 13.2. The van der Waals surface area contributed by atoms with Crippen LogP contribution in [0.4, 0.5) is 4.79 Å². The number of rotatable bonds is 5. The fraction of sp³-hybridized carbons (Fsp3) is 0.852. The van der Waals surface area contributed by atoms with Crippen LogP contribution in [-0.4, -0.2) is 53.8 Å². The summed E-state index contributed by atoms with van der Waals surface area (Å²) < 4.78 is 0. The Morgan fingerprint density at radius 3 is 2.46 bits per heavy atom. The first-order valence-electron chi connectivity index (χ1n) is 14.2. The van der Waals surface area contributed by atoms with Gasteiger partial charge in [0, 0.05) is 31.5 Å². The molecule has 5 fully saturated rings. The number of likely N-dealkylation sites (tertiary alicyclic amines) is 1. The number of hydrogen-bond donors (Lipinski definition) is 3. The van der Waals surface area contributed by atoms with E-state index in [4.69, 9.17) is 0 Å². The van der Waals surface area contributed by atoms with Crippen molar-refractivity contribution in [3.8, 4) is 0 Å². The summed E-state index contributed by atoms with van der Waals surface area (Å²) in [6, 6.07) is -0.274. The molecule has 5 aliphatic rings. The van der Waals surface area contributed by atoms with Gasteiger partial charge in [-0.15, -0.1) is 0 Å². The molecule has 0 spiro atoms. The number of hydrogen-bond acceptors (Lipinski definition) is 4. The average Bonchev–Trinajstić information content (AvgIpc) is 3.19. The Hall–Kier alpha value is -2.12. The zero-order chi connectivity index (χ0) is 24.4. The molecule has 35 heavy (non-hydrogen) atoms. The second-order valence-electron chi connectivity index (χ2n) is 11.8. The third-order valence-electron chi connectivity index (χ3n) is 9.66. The molecule has 8 nitrogen and oxygen atoms in total. The van der Waals surface area contributed by atoms with Crippen molar-refractivity contribution < 1.29 is 19.2 Å². The van der Waals surface area contributed by atoms with Crippen molar-refractivity contribution in [3.05, 3.63) is 0 Å². The first kappa shape index (κ1) is 24.6. The highest BCUT2D eigenvalue weighted by atomic mass is 16.2. The molecule has 6 atom stereocenters. The molecule has 8 heteroatoms. The molecule has 0 aromatic carbocycles. The van der Waals surface area contributed by atoms with Crippen LogP contribution in [0.3, 0.4) is 0 Å². The number of imide groups is 1. The summed E-state index contributed by atoms with van der Waals surface area (Å²) >= 11 is 0. The number of amides is 5. The first-order chi connectivity index (χ1) is 17.0. The molecule has 0 aromatic heterocycles. The number of nitrogens with one attached hydrogen (secondary N) is 3. The van der Waals surface area contributed by atoms with Crippen LogP contribution in [0.2, 0.25) is 0 Å². The lowest BCUT2D eigenvalue weighted by Gasteiger charge is -2.39. The fourth-order valence-electron chi connectivity index (χ4n) is 7.76. The Bertz CT molecular complexity index is 826. The summed E-state index contributed by atoms with van der Waals surface area (Å²) in [6.45, 7) is 1.21. The maximum Gasteiger partial charge on any atom is 0.315 e. The van der Waals surface area contributed by atoms with E-state index < -0.39 is 6.04 Å². The standard InChI is InChI=1S/C27H42N4O4/c32-24-13-12-23(25(33)30-24)31-16-19-11-10-17(14-21(19)26(31)34)15-28-27(35)29-22-9-5-4-8-20(22)18-6-2-1-3-7-18/h17-23H,1-16H2,(H2,28,29,35)(H,30,32,33). The molecule has 6 unspecified atom stereocenters. The van der Waals surface area contributed by atoms with Crippen LogP contribution in [0.1, 0.15) is 89.9 Å².